The number of nitro groups is 1. The summed E-state index contributed by atoms with van der Waals surface area (Å²) in [5, 5.41) is 13.2. The predicted molar refractivity (Wildman–Crippen MR) is 89.0 cm³/mol. The van der Waals surface area contributed by atoms with Crippen molar-refractivity contribution in [1.29, 1.82) is 0 Å². The molecule has 1 aromatic heterocycles. The van der Waals surface area contributed by atoms with Gasteiger partial charge in [0.25, 0.3) is 0 Å². The molecule has 1 N–H and O–H groups in total. The molecule has 9 heteroatoms. The summed E-state index contributed by atoms with van der Waals surface area (Å²) in [6.07, 6.45) is 1.20. The van der Waals surface area contributed by atoms with E-state index in [4.69, 9.17) is 0 Å². The number of benzene rings is 1. The van der Waals surface area contributed by atoms with Gasteiger partial charge in [-0.05, 0) is 30.4 Å². The van der Waals surface area contributed by atoms with Gasteiger partial charge in [-0.2, -0.15) is 0 Å². The summed E-state index contributed by atoms with van der Waals surface area (Å²) in [6.45, 7) is 2.24. The predicted octanol–water partition coefficient (Wildman–Crippen LogP) is 2.35. The maximum atomic E-state index is 12.3. The summed E-state index contributed by atoms with van der Waals surface area (Å²) >= 11 is 0.787. The average Bonchev–Trinajstić information content (AvgIpc) is 3.15. The lowest BCUT2D eigenvalue weighted by molar-refractivity contribution is -0.380. The van der Waals surface area contributed by atoms with E-state index in [2.05, 4.69) is 10.3 Å². The van der Waals surface area contributed by atoms with Gasteiger partial charge in [-0.1, -0.05) is 17.7 Å². The molecule has 1 fully saturated rings. The maximum absolute atomic E-state index is 12.3. The Kier molecular flexibility index (Phi) is 4.26. The van der Waals surface area contributed by atoms with Crippen LogP contribution in [0, 0.1) is 23.0 Å². The van der Waals surface area contributed by atoms with Crippen LogP contribution in [0.5, 0.6) is 0 Å². The largest absolute Gasteiger partial charge is 0.345 e. The molecule has 2 amide bonds. The lowest BCUT2D eigenvalue weighted by Gasteiger charge is -2.16. The first-order chi connectivity index (χ1) is 11.4. The molecule has 1 aromatic carbocycles. The van der Waals surface area contributed by atoms with E-state index in [0.717, 1.165) is 28.8 Å². The number of rotatable bonds is 4. The van der Waals surface area contributed by atoms with Crippen molar-refractivity contribution in [3.63, 3.8) is 0 Å². The first kappa shape index (κ1) is 16.1. The topological polar surface area (TPSA) is 105 Å². The SMILES string of the molecule is Cc1ccc(N2C[C@@H](C(=O)Nc3ncc([N+](=O)[O-])s3)CC2=O)cc1. The van der Waals surface area contributed by atoms with Gasteiger partial charge in [0.2, 0.25) is 11.8 Å². The summed E-state index contributed by atoms with van der Waals surface area (Å²) in [5.74, 6) is -0.993. The van der Waals surface area contributed by atoms with E-state index in [1.807, 2.05) is 31.2 Å². The van der Waals surface area contributed by atoms with Crippen LogP contribution in [0.1, 0.15) is 12.0 Å². The van der Waals surface area contributed by atoms with E-state index in [-0.39, 0.29) is 34.9 Å². The molecule has 0 saturated carbocycles. The molecule has 0 spiro atoms. The average molecular weight is 346 g/mol. The van der Waals surface area contributed by atoms with Gasteiger partial charge in [-0.25, -0.2) is 4.98 Å². The number of aryl methyl sites for hydroxylation is 1. The number of aromatic nitrogens is 1. The fourth-order valence-corrected chi connectivity index (χ4v) is 3.11. The normalized spacial score (nSPS) is 17.1. The zero-order chi connectivity index (χ0) is 17.3. The molecule has 0 aliphatic carbocycles. The van der Waals surface area contributed by atoms with Crippen LogP contribution in [0.3, 0.4) is 0 Å². The molecule has 1 saturated heterocycles. The van der Waals surface area contributed by atoms with Crippen LogP contribution < -0.4 is 10.2 Å². The number of hydrogen-bond acceptors (Lipinski definition) is 6. The second-order valence-electron chi connectivity index (χ2n) is 5.49. The molecule has 2 aromatic rings. The van der Waals surface area contributed by atoms with Crippen molar-refractivity contribution in [3.8, 4) is 0 Å². The minimum atomic E-state index is -0.564. The lowest BCUT2D eigenvalue weighted by atomic mass is 10.1. The van der Waals surface area contributed by atoms with Crippen molar-refractivity contribution < 1.29 is 14.5 Å². The molecule has 1 aliphatic rings. The molecule has 2 heterocycles. The highest BCUT2D eigenvalue weighted by Gasteiger charge is 2.35. The highest BCUT2D eigenvalue weighted by Crippen LogP contribution is 2.28. The Morgan fingerprint density at radius 3 is 2.75 bits per heavy atom. The van der Waals surface area contributed by atoms with Gasteiger partial charge in [0.1, 0.15) is 6.20 Å². The van der Waals surface area contributed by atoms with Crippen LogP contribution in [-0.2, 0) is 9.59 Å². The van der Waals surface area contributed by atoms with Crippen LogP contribution in [-0.4, -0.2) is 28.3 Å². The van der Waals surface area contributed by atoms with Crippen molar-refractivity contribution in [3.05, 3.63) is 46.1 Å². The van der Waals surface area contributed by atoms with Gasteiger partial charge in [0.05, 0.1) is 10.8 Å². The fourth-order valence-electron chi connectivity index (χ4n) is 2.47. The number of anilines is 2. The summed E-state index contributed by atoms with van der Waals surface area (Å²) in [6, 6.07) is 7.50. The Labute approximate surface area is 141 Å². The second-order valence-corrected chi connectivity index (χ2v) is 6.50. The molecular formula is C15H14N4O4S. The van der Waals surface area contributed by atoms with E-state index in [9.17, 15) is 19.7 Å². The zero-order valence-electron chi connectivity index (χ0n) is 12.8. The van der Waals surface area contributed by atoms with E-state index >= 15 is 0 Å². The van der Waals surface area contributed by atoms with Gasteiger partial charge < -0.3 is 10.2 Å². The van der Waals surface area contributed by atoms with Crippen molar-refractivity contribution in [2.75, 3.05) is 16.8 Å². The fraction of sp³-hybridized carbons (Fsp3) is 0.267. The molecule has 1 aliphatic heterocycles. The molecule has 0 unspecified atom stereocenters. The van der Waals surface area contributed by atoms with E-state index in [1.165, 1.54) is 0 Å². The lowest BCUT2D eigenvalue weighted by Crippen LogP contribution is -2.28. The Hall–Kier alpha value is -2.81. The Morgan fingerprint density at radius 2 is 2.12 bits per heavy atom. The molecule has 124 valence electrons. The van der Waals surface area contributed by atoms with Gasteiger partial charge in [0.15, 0.2) is 5.13 Å². The number of nitrogens with one attached hydrogen (secondary N) is 1. The summed E-state index contributed by atoms with van der Waals surface area (Å²) in [5.41, 5.74) is 1.84. The van der Waals surface area contributed by atoms with Crippen LogP contribution >= 0.6 is 11.3 Å². The van der Waals surface area contributed by atoms with Crippen molar-refractivity contribution in [2.24, 2.45) is 5.92 Å². The quantitative estimate of drug-likeness (QED) is 0.676. The zero-order valence-corrected chi connectivity index (χ0v) is 13.6. The third-order valence-corrected chi connectivity index (χ3v) is 4.61. The summed E-state index contributed by atoms with van der Waals surface area (Å²) in [4.78, 5) is 39.9. The van der Waals surface area contributed by atoms with Crippen molar-refractivity contribution in [2.45, 2.75) is 13.3 Å². The Bertz CT molecular complexity index is 802. The van der Waals surface area contributed by atoms with Gasteiger partial charge in [-0.3, -0.25) is 19.7 Å². The van der Waals surface area contributed by atoms with Gasteiger partial charge in [-0.15, -0.1) is 0 Å². The standard InChI is InChI=1S/C15H14N4O4S/c1-9-2-4-11(5-3-9)18-8-10(6-12(18)20)14(21)17-15-16-7-13(24-15)19(22)23/h2-5,7,10H,6,8H2,1H3,(H,16,17,21)/t10-/m0/s1. The number of amides is 2. The number of nitrogens with zero attached hydrogens (tertiary/aromatic N) is 3. The summed E-state index contributed by atoms with van der Waals surface area (Å²) in [7, 11) is 0. The van der Waals surface area contributed by atoms with Crippen LogP contribution in [0.2, 0.25) is 0 Å². The Morgan fingerprint density at radius 1 is 1.42 bits per heavy atom. The second kappa shape index (κ2) is 6.36. The van der Waals surface area contributed by atoms with E-state index < -0.39 is 10.8 Å². The minimum absolute atomic E-state index is 0.104. The molecule has 1 atom stereocenters. The molecule has 24 heavy (non-hydrogen) atoms. The smallest absolute Gasteiger partial charge is 0.312 e. The molecule has 3 rings (SSSR count). The third kappa shape index (κ3) is 3.25. The van der Waals surface area contributed by atoms with Crippen molar-refractivity contribution >= 4 is 39.0 Å². The van der Waals surface area contributed by atoms with Crippen LogP contribution in [0.4, 0.5) is 15.8 Å². The first-order valence-corrected chi connectivity index (χ1v) is 8.04. The highest BCUT2D eigenvalue weighted by atomic mass is 32.1. The maximum Gasteiger partial charge on any atom is 0.345 e. The van der Waals surface area contributed by atoms with Gasteiger partial charge in [0, 0.05) is 18.7 Å². The van der Waals surface area contributed by atoms with Crippen LogP contribution in [0.15, 0.2) is 30.5 Å². The molecule has 8 nitrogen and oxygen atoms in total. The minimum Gasteiger partial charge on any atom is -0.312 e. The van der Waals surface area contributed by atoms with Crippen LogP contribution in [0.25, 0.3) is 0 Å². The highest BCUT2D eigenvalue weighted by molar-refractivity contribution is 7.18. The van der Waals surface area contributed by atoms with E-state index in [0.29, 0.717) is 0 Å². The number of hydrogen-bond donors (Lipinski definition) is 1. The monoisotopic (exact) mass is 346 g/mol. The first-order valence-electron chi connectivity index (χ1n) is 7.22. The third-order valence-electron chi connectivity index (χ3n) is 3.75. The molecular weight excluding hydrogens is 332 g/mol. The Balaban J connectivity index is 1.67. The molecule has 0 radical (unpaired) electrons. The molecule has 0 bridgehead atoms. The number of carbonyl (C=O) groups is 2. The van der Waals surface area contributed by atoms with Gasteiger partial charge >= 0.3 is 5.00 Å². The summed E-state index contributed by atoms with van der Waals surface area (Å²) < 4.78 is 0. The number of thiazole rings is 1. The number of carbonyl (C=O) groups excluding carboxylic acids is 2. The van der Waals surface area contributed by atoms with Crippen molar-refractivity contribution in [1.82, 2.24) is 4.98 Å². The van der Waals surface area contributed by atoms with E-state index in [1.54, 1.807) is 4.90 Å².